The number of rotatable bonds is 7. The summed E-state index contributed by atoms with van der Waals surface area (Å²) in [6.07, 6.45) is 8.17. The summed E-state index contributed by atoms with van der Waals surface area (Å²) in [5, 5.41) is 3.44. The molecule has 1 aliphatic carbocycles. The summed E-state index contributed by atoms with van der Waals surface area (Å²) in [5.41, 5.74) is 0.441. The van der Waals surface area contributed by atoms with Crippen LogP contribution in [0.25, 0.3) is 0 Å². The summed E-state index contributed by atoms with van der Waals surface area (Å²) in [5.74, 6) is 0.529. The summed E-state index contributed by atoms with van der Waals surface area (Å²) < 4.78 is 18.6. The van der Waals surface area contributed by atoms with E-state index in [4.69, 9.17) is 16.3 Å². The Balaban J connectivity index is 1.13. The quantitative estimate of drug-likeness (QED) is 0.604. The molecule has 5 nitrogen and oxygen atoms in total. The molecule has 3 fully saturated rings. The third-order valence-electron chi connectivity index (χ3n) is 7.50. The monoisotopic (exact) mass is 464 g/mol. The van der Waals surface area contributed by atoms with Crippen LogP contribution in [0.1, 0.15) is 61.7 Å². The van der Waals surface area contributed by atoms with Crippen molar-refractivity contribution in [2.45, 2.75) is 57.4 Å². The molecule has 1 saturated carbocycles. The first-order valence-electron chi connectivity index (χ1n) is 12.1. The lowest BCUT2D eigenvalue weighted by Crippen LogP contribution is -2.41. The van der Waals surface area contributed by atoms with Crippen LogP contribution in [-0.2, 0) is 9.53 Å². The van der Waals surface area contributed by atoms with Gasteiger partial charge in [-0.15, -0.1) is 0 Å². The van der Waals surface area contributed by atoms with Gasteiger partial charge in [-0.05, 0) is 95.1 Å². The number of nitrogens with zero attached hydrogens (tertiary/aromatic N) is 1. The molecule has 2 saturated heterocycles. The molecule has 32 heavy (non-hydrogen) atoms. The first kappa shape index (κ1) is 23.7. The highest BCUT2D eigenvalue weighted by molar-refractivity contribution is 6.34. The number of hydrogen-bond donors (Lipinski definition) is 1. The van der Waals surface area contributed by atoms with E-state index in [-0.39, 0.29) is 28.5 Å². The van der Waals surface area contributed by atoms with Crippen molar-refractivity contribution < 1.29 is 18.7 Å². The lowest BCUT2D eigenvalue weighted by molar-refractivity contribution is -0.126. The highest BCUT2D eigenvalue weighted by Gasteiger charge is 2.30. The van der Waals surface area contributed by atoms with E-state index in [2.05, 4.69) is 10.2 Å². The van der Waals surface area contributed by atoms with Gasteiger partial charge in [0.2, 0.25) is 5.91 Å². The molecule has 2 heterocycles. The number of ketones is 1. The number of likely N-dealkylation sites (tertiary alicyclic amines) is 1. The molecule has 1 aromatic rings. The molecule has 1 aromatic carbocycles. The van der Waals surface area contributed by atoms with E-state index in [1.165, 1.54) is 37.5 Å². The zero-order valence-corrected chi connectivity index (χ0v) is 19.4. The predicted octanol–water partition coefficient (Wildman–Crippen LogP) is 4.48. The highest BCUT2D eigenvalue weighted by atomic mass is 35.5. The van der Waals surface area contributed by atoms with E-state index >= 15 is 0 Å². The number of nitrogens with one attached hydrogen (secondary N) is 1. The van der Waals surface area contributed by atoms with Crippen molar-refractivity contribution in [1.29, 1.82) is 0 Å². The number of hydrogen-bond acceptors (Lipinski definition) is 4. The topological polar surface area (TPSA) is 58.6 Å². The Labute approximate surface area is 195 Å². The van der Waals surface area contributed by atoms with E-state index in [1.807, 2.05) is 0 Å². The second-order valence-electron chi connectivity index (χ2n) is 9.68. The third-order valence-corrected chi connectivity index (χ3v) is 7.81. The van der Waals surface area contributed by atoms with Crippen molar-refractivity contribution in [1.82, 2.24) is 10.2 Å². The minimum absolute atomic E-state index is 0.0291. The summed E-state index contributed by atoms with van der Waals surface area (Å²) in [4.78, 5) is 27.5. The van der Waals surface area contributed by atoms with Gasteiger partial charge >= 0.3 is 0 Å². The fraction of sp³-hybridized carbons (Fsp3) is 0.680. The Hall–Kier alpha value is -1.50. The van der Waals surface area contributed by atoms with Gasteiger partial charge in [0.1, 0.15) is 5.82 Å². The van der Waals surface area contributed by atoms with Crippen molar-refractivity contribution in [2.75, 3.05) is 32.8 Å². The predicted molar refractivity (Wildman–Crippen MR) is 122 cm³/mol. The average Bonchev–Trinajstić information content (AvgIpc) is 3.34. The van der Waals surface area contributed by atoms with Gasteiger partial charge in [-0.25, -0.2) is 4.39 Å². The van der Waals surface area contributed by atoms with E-state index in [9.17, 15) is 14.0 Å². The van der Waals surface area contributed by atoms with Crippen molar-refractivity contribution >= 4 is 23.3 Å². The first-order chi connectivity index (χ1) is 15.5. The Bertz CT molecular complexity index is 798. The highest BCUT2D eigenvalue weighted by Crippen LogP contribution is 2.30. The summed E-state index contributed by atoms with van der Waals surface area (Å²) in [6, 6.07) is 4.34. The lowest BCUT2D eigenvalue weighted by Gasteiger charge is -2.34. The first-order valence-corrected chi connectivity index (χ1v) is 12.5. The molecule has 1 amide bonds. The Morgan fingerprint density at radius 3 is 2.47 bits per heavy atom. The minimum atomic E-state index is -0.416. The SMILES string of the molecule is O=C(NC1CCC(CCN2CCC(C(=O)c3ccc(F)cc3Cl)CC2)CC1)C1CCOC1. The summed E-state index contributed by atoms with van der Waals surface area (Å²) in [7, 11) is 0. The van der Waals surface area contributed by atoms with E-state index < -0.39 is 5.82 Å². The molecule has 0 bridgehead atoms. The van der Waals surface area contributed by atoms with Crippen LogP contribution in [0.4, 0.5) is 4.39 Å². The molecule has 4 rings (SSSR count). The maximum absolute atomic E-state index is 13.3. The molecule has 0 spiro atoms. The maximum atomic E-state index is 13.3. The van der Waals surface area contributed by atoms with E-state index in [0.717, 1.165) is 57.7 Å². The lowest BCUT2D eigenvalue weighted by atomic mass is 9.83. The number of carbonyl (C=O) groups excluding carboxylic acids is 2. The second-order valence-corrected chi connectivity index (χ2v) is 10.1. The number of carbonyl (C=O) groups is 2. The standard InChI is InChI=1S/C25H34ClFN2O3/c26-23-15-20(27)3-6-22(23)24(30)18-8-12-29(13-9-18)11-7-17-1-4-21(5-2-17)28-25(31)19-10-14-32-16-19/h3,6,15,17-19,21H,1-2,4-5,7-14,16H2,(H,28,31). The van der Waals surface area contributed by atoms with Gasteiger partial charge in [-0.3, -0.25) is 9.59 Å². The van der Waals surface area contributed by atoms with Gasteiger partial charge in [-0.1, -0.05) is 11.6 Å². The Kier molecular flexibility index (Phi) is 8.19. The second kappa shape index (κ2) is 11.1. The molecule has 1 unspecified atom stereocenters. The Morgan fingerprint density at radius 1 is 1.06 bits per heavy atom. The number of amides is 1. The average molecular weight is 465 g/mol. The zero-order valence-electron chi connectivity index (χ0n) is 18.7. The number of halogens is 2. The van der Waals surface area contributed by atoms with Gasteiger partial charge in [0.15, 0.2) is 5.78 Å². The summed E-state index contributed by atoms with van der Waals surface area (Å²) >= 11 is 6.08. The van der Waals surface area contributed by atoms with E-state index in [0.29, 0.717) is 24.8 Å². The molecule has 0 radical (unpaired) electrons. The van der Waals surface area contributed by atoms with E-state index in [1.54, 1.807) is 0 Å². The smallest absolute Gasteiger partial charge is 0.225 e. The van der Waals surface area contributed by atoms with Crippen LogP contribution in [0.3, 0.4) is 0 Å². The fourth-order valence-corrected chi connectivity index (χ4v) is 5.61. The van der Waals surface area contributed by atoms with Gasteiger partial charge in [0.25, 0.3) is 0 Å². The van der Waals surface area contributed by atoms with Crippen LogP contribution >= 0.6 is 11.6 Å². The van der Waals surface area contributed by atoms with Crippen molar-refractivity contribution in [3.8, 4) is 0 Å². The number of Topliss-reactive ketones (excluding diaryl/α,β-unsaturated/α-hetero) is 1. The minimum Gasteiger partial charge on any atom is -0.381 e. The maximum Gasteiger partial charge on any atom is 0.225 e. The molecule has 2 aliphatic heterocycles. The molecule has 176 valence electrons. The van der Waals surface area contributed by atoms with Crippen LogP contribution in [0, 0.1) is 23.6 Å². The molecule has 3 aliphatic rings. The number of piperidine rings is 1. The normalized spacial score (nSPS) is 27.4. The molecular weight excluding hydrogens is 431 g/mol. The third kappa shape index (κ3) is 6.09. The summed E-state index contributed by atoms with van der Waals surface area (Å²) in [6.45, 7) is 4.18. The zero-order chi connectivity index (χ0) is 22.5. The van der Waals surface area contributed by atoms with Gasteiger partial charge in [-0.2, -0.15) is 0 Å². The van der Waals surface area contributed by atoms with Gasteiger partial charge < -0.3 is 15.0 Å². The molecular formula is C25H34ClFN2O3. The van der Waals surface area contributed by atoms with Crippen molar-refractivity contribution in [2.24, 2.45) is 17.8 Å². The Morgan fingerprint density at radius 2 is 1.81 bits per heavy atom. The largest absolute Gasteiger partial charge is 0.381 e. The van der Waals surface area contributed by atoms with Crippen LogP contribution < -0.4 is 5.32 Å². The fourth-order valence-electron chi connectivity index (χ4n) is 5.35. The van der Waals surface area contributed by atoms with Crippen LogP contribution in [0.5, 0.6) is 0 Å². The molecule has 1 N–H and O–H groups in total. The molecule has 1 atom stereocenters. The van der Waals surface area contributed by atoms with Crippen LogP contribution in [0.15, 0.2) is 18.2 Å². The van der Waals surface area contributed by atoms with Crippen LogP contribution in [0.2, 0.25) is 5.02 Å². The molecule has 0 aromatic heterocycles. The number of benzene rings is 1. The van der Waals surface area contributed by atoms with Gasteiger partial charge in [0, 0.05) is 24.1 Å². The number of ether oxygens (including phenoxy) is 1. The molecule has 7 heteroatoms. The van der Waals surface area contributed by atoms with Gasteiger partial charge in [0.05, 0.1) is 17.5 Å². The van der Waals surface area contributed by atoms with Crippen molar-refractivity contribution in [3.05, 3.63) is 34.6 Å². The van der Waals surface area contributed by atoms with Crippen LogP contribution in [-0.4, -0.2) is 55.5 Å². The van der Waals surface area contributed by atoms with Crippen molar-refractivity contribution in [3.63, 3.8) is 0 Å².